The van der Waals surface area contributed by atoms with Gasteiger partial charge in [-0.2, -0.15) is 0 Å². The Morgan fingerprint density at radius 2 is 2.12 bits per heavy atom. The quantitative estimate of drug-likeness (QED) is 0.220. The molecule has 7 nitrogen and oxygen atoms in total. The number of nitrogens with zero attached hydrogens (tertiary/aromatic N) is 3. The molecule has 0 saturated carbocycles. The van der Waals surface area contributed by atoms with Crippen molar-refractivity contribution in [2.24, 2.45) is 4.99 Å². The smallest absolute Gasteiger partial charge is 0.244 e. The van der Waals surface area contributed by atoms with Crippen LogP contribution in [0.15, 0.2) is 29.4 Å². The average Bonchev–Trinajstić information content (AvgIpc) is 2.64. The zero-order valence-corrected chi connectivity index (χ0v) is 18.4. The Kier molecular flexibility index (Phi) is 14.9. The van der Waals surface area contributed by atoms with E-state index in [0.717, 1.165) is 44.8 Å². The second kappa shape index (κ2) is 15.8. The van der Waals surface area contributed by atoms with Crippen LogP contribution < -0.4 is 10.6 Å². The van der Waals surface area contributed by atoms with Gasteiger partial charge < -0.3 is 20.3 Å². The van der Waals surface area contributed by atoms with Gasteiger partial charge in [-0.1, -0.05) is 6.07 Å². The number of likely N-dealkylation sites (N-methyl/N-ethyl adjacent to an activating group) is 1. The molecule has 26 heavy (non-hydrogen) atoms. The van der Waals surface area contributed by atoms with Gasteiger partial charge in [0.25, 0.3) is 0 Å². The minimum atomic E-state index is -0.0116. The lowest BCUT2D eigenvalue weighted by Crippen LogP contribution is -2.39. The van der Waals surface area contributed by atoms with E-state index >= 15 is 0 Å². The summed E-state index contributed by atoms with van der Waals surface area (Å²) in [6.07, 6.45) is 3.40. The van der Waals surface area contributed by atoms with Crippen molar-refractivity contribution in [1.29, 1.82) is 0 Å². The van der Waals surface area contributed by atoms with E-state index in [-0.39, 0.29) is 36.4 Å². The molecule has 0 fully saturated rings. The molecule has 0 spiro atoms. The Balaban J connectivity index is 0.00000625. The van der Waals surface area contributed by atoms with E-state index in [4.69, 9.17) is 4.74 Å². The van der Waals surface area contributed by atoms with Crippen LogP contribution in [-0.4, -0.2) is 68.2 Å². The van der Waals surface area contributed by atoms with E-state index in [2.05, 4.69) is 20.6 Å². The van der Waals surface area contributed by atoms with Gasteiger partial charge in [0.05, 0.1) is 0 Å². The van der Waals surface area contributed by atoms with Crippen LogP contribution in [0.1, 0.15) is 26.0 Å². The molecule has 1 rings (SSSR count). The van der Waals surface area contributed by atoms with Crippen LogP contribution in [0, 0.1) is 0 Å². The third kappa shape index (κ3) is 11.2. The van der Waals surface area contributed by atoms with E-state index < -0.39 is 0 Å². The van der Waals surface area contributed by atoms with Gasteiger partial charge in [-0.3, -0.25) is 9.78 Å². The lowest BCUT2D eigenvalue weighted by atomic mass is 10.2. The van der Waals surface area contributed by atoms with Crippen LogP contribution in [0.25, 0.3) is 0 Å². The number of pyridine rings is 1. The Bertz CT molecular complexity index is 514. The number of ether oxygens (including phenoxy) is 1. The fourth-order valence-corrected chi connectivity index (χ4v) is 2.09. The molecule has 0 atom stereocenters. The molecule has 1 amide bonds. The molecule has 1 heterocycles. The second-order valence-electron chi connectivity index (χ2n) is 5.56. The molecule has 0 saturated heterocycles. The molecule has 1 aromatic heterocycles. The largest absolute Gasteiger partial charge is 0.382 e. The second-order valence-corrected chi connectivity index (χ2v) is 5.56. The molecule has 0 aromatic carbocycles. The van der Waals surface area contributed by atoms with Gasteiger partial charge in [-0.05, 0) is 32.4 Å². The van der Waals surface area contributed by atoms with E-state index in [9.17, 15) is 4.79 Å². The lowest BCUT2D eigenvalue weighted by molar-refractivity contribution is -0.128. The first-order valence-electron chi connectivity index (χ1n) is 8.91. The number of halogens is 1. The van der Waals surface area contributed by atoms with Crippen LogP contribution in [0.2, 0.25) is 0 Å². The van der Waals surface area contributed by atoms with Crippen molar-refractivity contribution < 1.29 is 9.53 Å². The van der Waals surface area contributed by atoms with Gasteiger partial charge >= 0.3 is 0 Å². The third-order valence-corrected chi connectivity index (χ3v) is 3.53. The van der Waals surface area contributed by atoms with Crippen LogP contribution >= 0.6 is 24.0 Å². The van der Waals surface area contributed by atoms with E-state index in [1.807, 2.05) is 32.0 Å². The number of aliphatic imine (C=N–C) groups is 1. The van der Waals surface area contributed by atoms with Gasteiger partial charge in [-0.25, -0.2) is 4.99 Å². The Morgan fingerprint density at radius 3 is 2.77 bits per heavy atom. The highest BCUT2D eigenvalue weighted by atomic mass is 127. The molecule has 0 unspecified atom stereocenters. The highest BCUT2D eigenvalue weighted by Gasteiger charge is 2.09. The summed E-state index contributed by atoms with van der Waals surface area (Å²) in [6, 6.07) is 5.80. The van der Waals surface area contributed by atoms with Crippen LogP contribution in [0.4, 0.5) is 0 Å². The van der Waals surface area contributed by atoms with Crippen LogP contribution in [0.5, 0.6) is 0 Å². The third-order valence-electron chi connectivity index (χ3n) is 3.53. The SMILES string of the molecule is CCNC(=NCC(=O)N(C)CCc1ccccn1)NCCCOCC.I. The number of amides is 1. The number of carbonyl (C=O) groups excluding carboxylic acids is 1. The monoisotopic (exact) mass is 477 g/mol. The molecule has 0 radical (unpaired) electrons. The fourth-order valence-electron chi connectivity index (χ4n) is 2.09. The predicted molar refractivity (Wildman–Crippen MR) is 116 cm³/mol. The molecular weight excluding hydrogens is 445 g/mol. The van der Waals surface area contributed by atoms with Crippen molar-refractivity contribution in [3.05, 3.63) is 30.1 Å². The number of hydrogen-bond donors (Lipinski definition) is 2. The first-order chi connectivity index (χ1) is 12.2. The molecule has 0 aliphatic carbocycles. The molecule has 8 heteroatoms. The zero-order chi connectivity index (χ0) is 18.3. The Morgan fingerprint density at radius 1 is 1.31 bits per heavy atom. The molecule has 0 bridgehead atoms. The number of guanidine groups is 1. The summed E-state index contributed by atoms with van der Waals surface area (Å²) in [7, 11) is 1.79. The maximum absolute atomic E-state index is 12.2. The van der Waals surface area contributed by atoms with Crippen LogP contribution in [0.3, 0.4) is 0 Å². The maximum Gasteiger partial charge on any atom is 0.244 e. The highest BCUT2D eigenvalue weighted by molar-refractivity contribution is 14.0. The van der Waals surface area contributed by atoms with Crippen molar-refractivity contribution in [3.8, 4) is 0 Å². The minimum Gasteiger partial charge on any atom is -0.382 e. The zero-order valence-electron chi connectivity index (χ0n) is 16.0. The topological polar surface area (TPSA) is 78.9 Å². The molecule has 1 aromatic rings. The van der Waals surface area contributed by atoms with Crippen molar-refractivity contribution in [1.82, 2.24) is 20.5 Å². The molecule has 0 aliphatic heterocycles. The van der Waals surface area contributed by atoms with Gasteiger partial charge in [0.2, 0.25) is 5.91 Å². The molecule has 0 aliphatic rings. The summed E-state index contributed by atoms with van der Waals surface area (Å²) in [5.41, 5.74) is 0.981. The maximum atomic E-state index is 12.2. The summed E-state index contributed by atoms with van der Waals surface area (Å²) in [5, 5.41) is 6.35. The number of hydrogen-bond acceptors (Lipinski definition) is 4. The number of rotatable bonds is 11. The van der Waals surface area contributed by atoms with Crippen molar-refractivity contribution in [2.45, 2.75) is 26.7 Å². The fraction of sp³-hybridized carbons (Fsp3) is 0.611. The number of carbonyl (C=O) groups is 1. The number of aromatic nitrogens is 1. The normalized spacial score (nSPS) is 10.8. The average molecular weight is 477 g/mol. The van der Waals surface area contributed by atoms with Crippen molar-refractivity contribution >= 4 is 35.8 Å². The summed E-state index contributed by atoms with van der Waals surface area (Å²) < 4.78 is 5.30. The summed E-state index contributed by atoms with van der Waals surface area (Å²) >= 11 is 0. The number of nitrogens with one attached hydrogen (secondary N) is 2. The molecule has 2 N–H and O–H groups in total. The van der Waals surface area contributed by atoms with E-state index in [0.29, 0.717) is 12.5 Å². The van der Waals surface area contributed by atoms with Gasteiger partial charge in [0.1, 0.15) is 6.54 Å². The van der Waals surface area contributed by atoms with Gasteiger partial charge in [-0.15, -0.1) is 24.0 Å². The van der Waals surface area contributed by atoms with Crippen molar-refractivity contribution in [3.63, 3.8) is 0 Å². The predicted octanol–water partition coefficient (Wildman–Crippen LogP) is 1.68. The molecular formula is C18H32IN5O2. The van der Waals surface area contributed by atoms with E-state index in [1.54, 1.807) is 18.1 Å². The summed E-state index contributed by atoms with van der Waals surface area (Å²) in [5.74, 6) is 0.646. The lowest BCUT2D eigenvalue weighted by Gasteiger charge is -2.16. The van der Waals surface area contributed by atoms with Crippen LogP contribution in [-0.2, 0) is 16.0 Å². The van der Waals surface area contributed by atoms with Gasteiger partial charge in [0, 0.05) is 58.2 Å². The first-order valence-corrected chi connectivity index (χ1v) is 8.91. The molecule has 148 valence electrons. The van der Waals surface area contributed by atoms with E-state index in [1.165, 1.54) is 0 Å². The van der Waals surface area contributed by atoms with Crippen molar-refractivity contribution in [2.75, 3.05) is 46.4 Å². The minimum absolute atomic E-state index is 0. The first kappa shape index (κ1) is 24.6. The standard InChI is InChI=1S/C18H31N5O2.HI/c1-4-19-18(21-12-8-14-25-5-2)22-15-17(24)23(3)13-10-16-9-6-7-11-20-16;/h6-7,9,11H,4-5,8,10,12-15H2,1-3H3,(H2,19,21,22);1H. The Labute approximate surface area is 174 Å². The summed E-state index contributed by atoms with van der Waals surface area (Å²) in [4.78, 5) is 22.5. The van der Waals surface area contributed by atoms with Gasteiger partial charge in [0.15, 0.2) is 5.96 Å². The summed E-state index contributed by atoms with van der Waals surface area (Å²) in [6.45, 7) is 7.69. The highest BCUT2D eigenvalue weighted by Crippen LogP contribution is 1.97. The Hall–Kier alpha value is -1.42.